The number of sulfonamides is 2. The lowest BCUT2D eigenvalue weighted by atomic mass is 10.2. The first kappa shape index (κ1) is 23.5. The van der Waals surface area contributed by atoms with Gasteiger partial charge in [0.25, 0.3) is 0 Å². The first-order valence-electron chi connectivity index (χ1n) is 9.80. The lowest BCUT2D eigenvalue weighted by Gasteiger charge is -2.25. The molecule has 0 unspecified atom stereocenters. The molecule has 1 N–H and O–H groups in total. The Morgan fingerprint density at radius 3 is 2.32 bits per heavy atom. The van der Waals surface area contributed by atoms with Crippen LogP contribution in [-0.2, 0) is 20.0 Å². The zero-order chi connectivity index (χ0) is 22.5. The van der Waals surface area contributed by atoms with Gasteiger partial charge >= 0.3 is 0 Å². The molecule has 0 bridgehead atoms. The predicted molar refractivity (Wildman–Crippen MR) is 113 cm³/mol. The van der Waals surface area contributed by atoms with Gasteiger partial charge in [0.05, 0.1) is 12.0 Å². The van der Waals surface area contributed by atoms with Crippen LogP contribution >= 0.6 is 0 Å². The summed E-state index contributed by atoms with van der Waals surface area (Å²) in [7, 11) is -6.22. The zero-order valence-corrected chi connectivity index (χ0v) is 18.7. The Kier molecular flexibility index (Phi) is 7.52. The smallest absolute Gasteiger partial charge is 0.244 e. The molecule has 1 aliphatic rings. The molecule has 1 saturated heterocycles. The number of methoxy groups -OCH3 is 1. The number of halogens is 1. The number of nitrogens with zero attached hydrogens (tertiary/aromatic N) is 1. The number of nitrogens with one attached hydrogen (secondary N) is 1. The molecule has 2 aromatic carbocycles. The molecule has 1 heterocycles. The van der Waals surface area contributed by atoms with Crippen molar-refractivity contribution in [2.45, 2.75) is 29.1 Å². The third-order valence-electron chi connectivity index (χ3n) is 4.85. The van der Waals surface area contributed by atoms with Crippen LogP contribution in [0, 0.1) is 5.82 Å². The molecule has 0 aliphatic carbocycles. The third kappa shape index (κ3) is 5.73. The van der Waals surface area contributed by atoms with Crippen LogP contribution in [0.25, 0.3) is 0 Å². The fourth-order valence-corrected chi connectivity index (χ4v) is 5.95. The first-order valence-corrected chi connectivity index (χ1v) is 12.7. The second-order valence-corrected chi connectivity index (χ2v) is 10.7. The highest BCUT2D eigenvalue weighted by Crippen LogP contribution is 2.24. The first-order chi connectivity index (χ1) is 14.7. The molecule has 1 fully saturated rings. The summed E-state index contributed by atoms with van der Waals surface area (Å²) in [4.78, 5) is -0.108. The lowest BCUT2D eigenvalue weighted by Crippen LogP contribution is -2.35. The molecule has 8 nitrogen and oxygen atoms in total. The van der Waals surface area contributed by atoms with Crippen molar-refractivity contribution in [1.82, 2.24) is 9.03 Å². The van der Waals surface area contributed by atoms with Crippen LogP contribution in [0.4, 0.5) is 4.39 Å². The number of piperidine rings is 1. The maximum Gasteiger partial charge on any atom is 0.244 e. The van der Waals surface area contributed by atoms with Crippen molar-refractivity contribution in [3.63, 3.8) is 0 Å². The average Bonchev–Trinajstić information content (AvgIpc) is 2.77. The second kappa shape index (κ2) is 9.94. The van der Waals surface area contributed by atoms with E-state index < -0.39 is 25.9 Å². The van der Waals surface area contributed by atoms with Gasteiger partial charge in [-0.15, -0.1) is 0 Å². The molecule has 11 heteroatoms. The minimum atomic E-state index is -4.00. The summed E-state index contributed by atoms with van der Waals surface area (Å²) in [5, 5.41) is 0. The number of rotatable bonds is 9. The van der Waals surface area contributed by atoms with Gasteiger partial charge in [0, 0.05) is 19.6 Å². The molecule has 0 radical (unpaired) electrons. The van der Waals surface area contributed by atoms with Gasteiger partial charge in [-0.05, 0) is 55.3 Å². The van der Waals surface area contributed by atoms with E-state index in [0.717, 1.165) is 31.4 Å². The van der Waals surface area contributed by atoms with Crippen LogP contribution in [0.1, 0.15) is 19.3 Å². The van der Waals surface area contributed by atoms with E-state index in [-0.39, 0.29) is 28.7 Å². The zero-order valence-electron chi connectivity index (χ0n) is 17.1. The Bertz CT molecular complexity index is 1100. The fraction of sp³-hybridized carbons (Fsp3) is 0.400. The minimum Gasteiger partial charge on any atom is -0.495 e. The summed E-state index contributed by atoms with van der Waals surface area (Å²) in [5.74, 6) is -0.266. The molecule has 0 spiro atoms. The third-order valence-corrected chi connectivity index (χ3v) is 8.25. The summed E-state index contributed by atoms with van der Waals surface area (Å²) in [6.45, 7) is 0.971. The summed E-state index contributed by atoms with van der Waals surface area (Å²) in [6, 6.07) is 9.23. The molecular weight excluding hydrogens is 447 g/mol. The quantitative estimate of drug-likeness (QED) is 0.562. The Labute approximate surface area is 182 Å². The van der Waals surface area contributed by atoms with Crippen molar-refractivity contribution in [2.75, 3.05) is 33.4 Å². The fourth-order valence-electron chi connectivity index (χ4n) is 3.25. The Balaban J connectivity index is 1.56. The van der Waals surface area contributed by atoms with Crippen LogP contribution in [0.3, 0.4) is 0 Å². The van der Waals surface area contributed by atoms with E-state index in [9.17, 15) is 21.2 Å². The second-order valence-electron chi connectivity index (χ2n) is 6.98. The van der Waals surface area contributed by atoms with Crippen LogP contribution < -0.4 is 14.2 Å². The van der Waals surface area contributed by atoms with Gasteiger partial charge < -0.3 is 9.47 Å². The molecule has 170 valence electrons. The van der Waals surface area contributed by atoms with Gasteiger partial charge in [-0.2, -0.15) is 4.31 Å². The molecule has 31 heavy (non-hydrogen) atoms. The minimum absolute atomic E-state index is 0.00488. The van der Waals surface area contributed by atoms with Crippen LogP contribution in [0.5, 0.6) is 11.5 Å². The Morgan fingerprint density at radius 2 is 1.68 bits per heavy atom. The molecular formula is C20H25FN2O6S2. The van der Waals surface area contributed by atoms with Crippen molar-refractivity contribution in [1.29, 1.82) is 0 Å². The van der Waals surface area contributed by atoms with Crippen molar-refractivity contribution in [3.05, 3.63) is 48.3 Å². The largest absolute Gasteiger partial charge is 0.495 e. The highest BCUT2D eigenvalue weighted by atomic mass is 32.2. The van der Waals surface area contributed by atoms with E-state index in [1.54, 1.807) is 0 Å². The van der Waals surface area contributed by atoms with Crippen molar-refractivity contribution < 1.29 is 30.7 Å². The van der Waals surface area contributed by atoms with Crippen LogP contribution in [0.15, 0.2) is 52.3 Å². The SMILES string of the molecule is COc1ccc(F)cc1S(=O)(=O)NCCOc1ccc(S(=O)(=O)N2CCCCC2)cc1. The van der Waals surface area contributed by atoms with E-state index in [4.69, 9.17) is 9.47 Å². The van der Waals surface area contributed by atoms with Gasteiger partial charge in [0.1, 0.15) is 28.8 Å². The molecule has 0 aromatic heterocycles. The number of benzene rings is 2. The van der Waals surface area contributed by atoms with Gasteiger partial charge in [-0.3, -0.25) is 0 Å². The summed E-state index contributed by atoms with van der Waals surface area (Å²) >= 11 is 0. The highest BCUT2D eigenvalue weighted by molar-refractivity contribution is 7.89. The normalized spacial score (nSPS) is 15.5. The van der Waals surface area contributed by atoms with E-state index in [1.807, 2.05) is 0 Å². The monoisotopic (exact) mass is 472 g/mol. The predicted octanol–water partition coefficient (Wildman–Crippen LogP) is 2.37. The molecule has 1 aliphatic heterocycles. The van der Waals surface area contributed by atoms with Gasteiger partial charge in [-0.1, -0.05) is 6.42 Å². The van der Waals surface area contributed by atoms with E-state index >= 15 is 0 Å². The lowest BCUT2D eigenvalue weighted by molar-refractivity contribution is 0.322. The maximum absolute atomic E-state index is 13.4. The van der Waals surface area contributed by atoms with E-state index in [0.29, 0.717) is 18.8 Å². The van der Waals surface area contributed by atoms with Crippen molar-refractivity contribution in [2.24, 2.45) is 0 Å². The van der Waals surface area contributed by atoms with Gasteiger partial charge in [0.15, 0.2) is 0 Å². The highest BCUT2D eigenvalue weighted by Gasteiger charge is 2.25. The molecule has 0 saturated carbocycles. The molecule has 2 aromatic rings. The Hall–Kier alpha value is -2.21. The Morgan fingerprint density at radius 1 is 1.00 bits per heavy atom. The van der Waals surface area contributed by atoms with Gasteiger partial charge in [-0.25, -0.2) is 25.9 Å². The van der Waals surface area contributed by atoms with E-state index in [2.05, 4.69) is 4.72 Å². The van der Waals surface area contributed by atoms with Crippen LogP contribution in [-0.4, -0.2) is 54.5 Å². The maximum atomic E-state index is 13.4. The topological polar surface area (TPSA) is 102 Å². The molecule has 0 atom stereocenters. The van der Waals surface area contributed by atoms with Crippen molar-refractivity contribution in [3.8, 4) is 11.5 Å². The average molecular weight is 473 g/mol. The molecule has 3 rings (SSSR count). The summed E-state index contributed by atoms with van der Waals surface area (Å²) < 4.78 is 77.8. The van der Waals surface area contributed by atoms with E-state index in [1.165, 1.54) is 41.7 Å². The number of hydrogen-bond donors (Lipinski definition) is 1. The summed E-state index contributed by atoms with van der Waals surface area (Å²) in [6.07, 6.45) is 2.75. The molecule has 0 amide bonds. The standard InChI is InChI=1S/C20H25FN2O6S2/c1-28-19-10-5-16(21)15-20(19)30(24,25)22-11-14-29-17-6-8-18(9-7-17)31(26,27)23-12-3-2-4-13-23/h5-10,15,22H,2-4,11-14H2,1H3. The number of hydrogen-bond acceptors (Lipinski definition) is 6. The van der Waals surface area contributed by atoms with Crippen LogP contribution in [0.2, 0.25) is 0 Å². The van der Waals surface area contributed by atoms with Crippen molar-refractivity contribution >= 4 is 20.0 Å². The number of ether oxygens (including phenoxy) is 2. The van der Waals surface area contributed by atoms with Gasteiger partial charge in [0.2, 0.25) is 20.0 Å². The summed E-state index contributed by atoms with van der Waals surface area (Å²) in [5.41, 5.74) is 0.